The number of aliphatic hydroxyl groups excluding tert-OH is 1. The number of hydrogen-bond acceptors (Lipinski definition) is 5. The zero-order valence-electron chi connectivity index (χ0n) is 15.7. The molecule has 0 saturated heterocycles. The summed E-state index contributed by atoms with van der Waals surface area (Å²) in [5.74, 6) is -0.668. The van der Waals surface area contributed by atoms with Crippen LogP contribution in [0.4, 0.5) is 0 Å². The van der Waals surface area contributed by atoms with Gasteiger partial charge in [0.25, 0.3) is 0 Å². The number of esters is 1. The van der Waals surface area contributed by atoms with Crippen molar-refractivity contribution in [3.63, 3.8) is 0 Å². The van der Waals surface area contributed by atoms with Gasteiger partial charge in [-0.15, -0.1) is 0 Å². The summed E-state index contributed by atoms with van der Waals surface area (Å²) in [4.78, 5) is 23.3. The van der Waals surface area contributed by atoms with E-state index in [1.807, 2.05) is 20.8 Å². The molecule has 0 aromatic rings. The van der Waals surface area contributed by atoms with Crippen molar-refractivity contribution < 1.29 is 19.4 Å². The van der Waals surface area contributed by atoms with E-state index in [1.165, 1.54) is 0 Å². The normalized spacial score (nSPS) is 15.0. The van der Waals surface area contributed by atoms with E-state index >= 15 is 0 Å². The van der Waals surface area contributed by atoms with E-state index < -0.39 is 12.1 Å². The number of carbonyl (C=O) groups excluding carboxylic acids is 2. The minimum atomic E-state index is -0.560. The van der Waals surface area contributed by atoms with Gasteiger partial charge in [0.05, 0.1) is 12.5 Å². The molecule has 136 valence electrons. The summed E-state index contributed by atoms with van der Waals surface area (Å²) >= 11 is 0. The third kappa shape index (κ3) is 11.1. The number of hydrazine groups is 1. The third-order valence-corrected chi connectivity index (χ3v) is 3.44. The van der Waals surface area contributed by atoms with E-state index in [4.69, 9.17) is 4.74 Å². The van der Waals surface area contributed by atoms with Crippen molar-refractivity contribution in [3.05, 3.63) is 0 Å². The summed E-state index contributed by atoms with van der Waals surface area (Å²) in [7, 11) is 1.59. The van der Waals surface area contributed by atoms with Crippen LogP contribution in [-0.4, -0.2) is 36.2 Å². The molecule has 2 atom stereocenters. The fourth-order valence-electron chi connectivity index (χ4n) is 2.12. The van der Waals surface area contributed by atoms with Crippen LogP contribution in [0.5, 0.6) is 0 Å². The molecule has 6 nitrogen and oxygen atoms in total. The van der Waals surface area contributed by atoms with Gasteiger partial charge in [-0.25, -0.2) is 5.43 Å². The number of ether oxygens (including phenoxy) is 1. The quantitative estimate of drug-likeness (QED) is 0.469. The van der Waals surface area contributed by atoms with E-state index in [0.29, 0.717) is 12.8 Å². The standard InChI is InChI=1S/C17H34N2O4/c1-16(2,3)11-12(10-13(20)17(4,5)6)23-15(22)9-8-14(21)19-18-7/h12-13,18,20H,8-11H2,1-7H3,(H,19,21). The average Bonchev–Trinajstić information content (AvgIpc) is 2.33. The smallest absolute Gasteiger partial charge is 0.306 e. The molecule has 0 bridgehead atoms. The SMILES string of the molecule is CNNC(=O)CCC(=O)OC(CC(O)C(C)(C)C)CC(C)(C)C. The number of hydrogen-bond donors (Lipinski definition) is 3. The van der Waals surface area contributed by atoms with Gasteiger partial charge in [-0.3, -0.25) is 15.0 Å². The lowest BCUT2D eigenvalue weighted by atomic mass is 9.82. The van der Waals surface area contributed by atoms with Crippen LogP contribution in [-0.2, 0) is 14.3 Å². The molecule has 0 heterocycles. The Bertz CT molecular complexity index is 383. The molecule has 6 heteroatoms. The van der Waals surface area contributed by atoms with Crippen molar-refractivity contribution in [2.45, 2.75) is 79.4 Å². The van der Waals surface area contributed by atoms with Gasteiger partial charge >= 0.3 is 5.97 Å². The van der Waals surface area contributed by atoms with Crippen LogP contribution in [0.3, 0.4) is 0 Å². The molecular formula is C17H34N2O4. The van der Waals surface area contributed by atoms with Crippen molar-refractivity contribution >= 4 is 11.9 Å². The van der Waals surface area contributed by atoms with E-state index in [0.717, 1.165) is 0 Å². The molecule has 0 aromatic heterocycles. The highest BCUT2D eigenvalue weighted by molar-refractivity contribution is 5.80. The first kappa shape index (κ1) is 21.9. The predicted molar refractivity (Wildman–Crippen MR) is 90.5 cm³/mol. The minimum absolute atomic E-state index is 0.0218. The number of rotatable bonds is 8. The zero-order chi connectivity index (χ0) is 18.3. The summed E-state index contributed by atoms with van der Waals surface area (Å²) in [5.41, 5.74) is 4.64. The maximum absolute atomic E-state index is 12.0. The average molecular weight is 330 g/mol. The second kappa shape index (κ2) is 9.23. The predicted octanol–water partition coefficient (Wildman–Crippen LogP) is 2.16. The van der Waals surface area contributed by atoms with Gasteiger partial charge in [-0.1, -0.05) is 41.5 Å². The van der Waals surface area contributed by atoms with E-state index in [-0.39, 0.29) is 35.7 Å². The van der Waals surface area contributed by atoms with Gasteiger partial charge in [0.1, 0.15) is 6.10 Å². The van der Waals surface area contributed by atoms with Crippen LogP contribution < -0.4 is 10.9 Å². The monoisotopic (exact) mass is 330 g/mol. The molecule has 0 saturated carbocycles. The van der Waals surface area contributed by atoms with E-state index in [9.17, 15) is 14.7 Å². The molecule has 0 spiro atoms. The first-order chi connectivity index (χ1) is 10.3. The van der Waals surface area contributed by atoms with Crippen LogP contribution in [0.25, 0.3) is 0 Å². The van der Waals surface area contributed by atoms with Crippen molar-refractivity contribution in [1.29, 1.82) is 0 Å². The molecule has 3 N–H and O–H groups in total. The lowest BCUT2D eigenvalue weighted by Gasteiger charge is -2.32. The highest BCUT2D eigenvalue weighted by Gasteiger charge is 2.30. The molecule has 0 aliphatic rings. The second-order valence-electron chi connectivity index (χ2n) is 8.29. The molecule has 2 unspecified atom stereocenters. The number of carbonyl (C=O) groups is 2. The molecule has 23 heavy (non-hydrogen) atoms. The lowest BCUT2D eigenvalue weighted by molar-refractivity contribution is -0.154. The largest absolute Gasteiger partial charge is 0.462 e. The number of aliphatic hydroxyl groups is 1. The van der Waals surface area contributed by atoms with Gasteiger partial charge in [0.2, 0.25) is 5.91 Å². The Morgan fingerprint density at radius 2 is 1.65 bits per heavy atom. The van der Waals surface area contributed by atoms with Crippen LogP contribution in [0.1, 0.15) is 67.2 Å². The summed E-state index contributed by atoms with van der Waals surface area (Å²) in [6.45, 7) is 12.1. The fourth-order valence-corrected chi connectivity index (χ4v) is 2.12. The fraction of sp³-hybridized carbons (Fsp3) is 0.882. The van der Waals surface area contributed by atoms with Gasteiger partial charge in [-0.05, 0) is 17.3 Å². The first-order valence-corrected chi connectivity index (χ1v) is 8.18. The van der Waals surface area contributed by atoms with Gasteiger partial charge in [0.15, 0.2) is 0 Å². The van der Waals surface area contributed by atoms with Crippen LogP contribution in [0.15, 0.2) is 0 Å². The Hall–Kier alpha value is -1.14. The topological polar surface area (TPSA) is 87.7 Å². The van der Waals surface area contributed by atoms with Crippen molar-refractivity contribution in [2.24, 2.45) is 10.8 Å². The van der Waals surface area contributed by atoms with Crippen molar-refractivity contribution in [3.8, 4) is 0 Å². The van der Waals surface area contributed by atoms with Crippen molar-refractivity contribution in [1.82, 2.24) is 10.9 Å². The zero-order valence-corrected chi connectivity index (χ0v) is 15.7. The van der Waals surface area contributed by atoms with E-state index in [2.05, 4.69) is 31.6 Å². The Kier molecular flexibility index (Phi) is 8.77. The van der Waals surface area contributed by atoms with Crippen LogP contribution >= 0.6 is 0 Å². The number of amides is 1. The number of nitrogens with one attached hydrogen (secondary N) is 2. The molecule has 0 fully saturated rings. The highest BCUT2D eigenvalue weighted by atomic mass is 16.5. The Labute approximate surface area is 140 Å². The lowest BCUT2D eigenvalue weighted by Crippen LogP contribution is -2.35. The molecule has 0 radical (unpaired) electrons. The van der Waals surface area contributed by atoms with E-state index in [1.54, 1.807) is 7.05 Å². The maximum Gasteiger partial charge on any atom is 0.306 e. The second-order valence-corrected chi connectivity index (χ2v) is 8.29. The minimum Gasteiger partial charge on any atom is -0.462 e. The molecular weight excluding hydrogens is 296 g/mol. The Morgan fingerprint density at radius 1 is 1.09 bits per heavy atom. The molecule has 0 aliphatic carbocycles. The van der Waals surface area contributed by atoms with Gasteiger partial charge in [-0.2, -0.15) is 0 Å². The summed E-state index contributed by atoms with van der Waals surface area (Å²) in [6.07, 6.45) is 0.243. The van der Waals surface area contributed by atoms with Gasteiger partial charge in [0, 0.05) is 19.9 Å². The molecule has 0 rings (SSSR count). The third-order valence-electron chi connectivity index (χ3n) is 3.44. The maximum atomic E-state index is 12.0. The first-order valence-electron chi connectivity index (χ1n) is 8.18. The highest BCUT2D eigenvalue weighted by Crippen LogP contribution is 2.29. The summed E-state index contributed by atoms with van der Waals surface area (Å²) < 4.78 is 5.52. The molecule has 0 aromatic carbocycles. The van der Waals surface area contributed by atoms with Crippen LogP contribution in [0, 0.1) is 10.8 Å². The Balaban J connectivity index is 4.63. The Morgan fingerprint density at radius 3 is 2.09 bits per heavy atom. The molecule has 0 aliphatic heterocycles. The van der Waals surface area contributed by atoms with Crippen molar-refractivity contribution in [2.75, 3.05) is 7.05 Å². The van der Waals surface area contributed by atoms with Gasteiger partial charge < -0.3 is 9.84 Å². The van der Waals surface area contributed by atoms with Crippen LogP contribution in [0.2, 0.25) is 0 Å². The summed E-state index contributed by atoms with van der Waals surface area (Å²) in [6, 6.07) is 0. The summed E-state index contributed by atoms with van der Waals surface area (Å²) in [5, 5.41) is 10.3. The molecule has 1 amide bonds.